The topological polar surface area (TPSA) is 25.8 Å². The van der Waals surface area contributed by atoms with Crippen LogP contribution >= 0.6 is 0 Å². The summed E-state index contributed by atoms with van der Waals surface area (Å²) in [5.74, 6) is 2.54. The van der Waals surface area contributed by atoms with Gasteiger partial charge in [-0.05, 0) is 49.1 Å². The Morgan fingerprint density at radius 1 is 0.870 bits per heavy atom. The monoisotopic (exact) mass is 308 g/mol. The van der Waals surface area contributed by atoms with Gasteiger partial charge in [0.1, 0.15) is 5.82 Å². The van der Waals surface area contributed by atoms with Crippen LogP contribution in [0.1, 0.15) is 69.7 Å². The average molecular weight is 308 g/mol. The van der Waals surface area contributed by atoms with Crippen LogP contribution in [0.4, 0.5) is 0 Å². The number of aromatic nitrogens is 2. The Labute approximate surface area is 140 Å². The SMILES string of the molecule is CCCc1ccc(-c2cnc([C@H]3CC[C@H](CC)CC3)nc2)cc1. The molecule has 0 N–H and O–H groups in total. The first-order chi connectivity index (χ1) is 11.3. The van der Waals surface area contributed by atoms with E-state index in [0.717, 1.165) is 23.7 Å². The highest BCUT2D eigenvalue weighted by molar-refractivity contribution is 5.61. The van der Waals surface area contributed by atoms with Gasteiger partial charge in [-0.25, -0.2) is 9.97 Å². The quantitative estimate of drug-likeness (QED) is 0.699. The summed E-state index contributed by atoms with van der Waals surface area (Å²) in [7, 11) is 0. The summed E-state index contributed by atoms with van der Waals surface area (Å²) in [4.78, 5) is 9.35. The molecule has 0 spiro atoms. The molecule has 0 aliphatic heterocycles. The number of nitrogens with zero attached hydrogens (tertiary/aromatic N) is 2. The van der Waals surface area contributed by atoms with Crippen LogP contribution in [0.15, 0.2) is 36.7 Å². The molecule has 1 fully saturated rings. The van der Waals surface area contributed by atoms with Gasteiger partial charge >= 0.3 is 0 Å². The van der Waals surface area contributed by atoms with Gasteiger partial charge < -0.3 is 0 Å². The summed E-state index contributed by atoms with van der Waals surface area (Å²) in [6, 6.07) is 8.82. The largest absolute Gasteiger partial charge is 0.240 e. The molecule has 23 heavy (non-hydrogen) atoms. The fraction of sp³-hybridized carbons (Fsp3) is 0.524. The highest BCUT2D eigenvalue weighted by Gasteiger charge is 2.23. The summed E-state index contributed by atoms with van der Waals surface area (Å²) < 4.78 is 0. The van der Waals surface area contributed by atoms with E-state index in [4.69, 9.17) is 0 Å². The van der Waals surface area contributed by atoms with Gasteiger partial charge in [-0.15, -0.1) is 0 Å². The van der Waals surface area contributed by atoms with E-state index in [2.05, 4.69) is 48.1 Å². The second-order valence-corrected chi connectivity index (χ2v) is 6.90. The molecule has 0 bridgehead atoms. The van der Waals surface area contributed by atoms with E-state index in [-0.39, 0.29) is 0 Å². The van der Waals surface area contributed by atoms with Crippen LogP contribution in [0, 0.1) is 5.92 Å². The van der Waals surface area contributed by atoms with Gasteiger partial charge in [0.05, 0.1) is 0 Å². The zero-order valence-electron chi connectivity index (χ0n) is 14.5. The van der Waals surface area contributed by atoms with Crippen LogP contribution in [0.5, 0.6) is 0 Å². The molecule has 2 aromatic rings. The zero-order chi connectivity index (χ0) is 16.1. The Morgan fingerprint density at radius 2 is 1.52 bits per heavy atom. The summed E-state index contributed by atoms with van der Waals surface area (Å²) in [5, 5.41) is 0. The van der Waals surface area contributed by atoms with Crippen molar-refractivity contribution in [1.29, 1.82) is 0 Å². The first-order valence-corrected chi connectivity index (χ1v) is 9.21. The molecule has 1 heterocycles. The normalized spacial score (nSPS) is 21.3. The van der Waals surface area contributed by atoms with Crippen molar-refractivity contribution in [2.75, 3.05) is 0 Å². The average Bonchev–Trinajstić information content (AvgIpc) is 2.63. The molecule has 122 valence electrons. The lowest BCUT2D eigenvalue weighted by atomic mass is 9.80. The number of hydrogen-bond acceptors (Lipinski definition) is 2. The number of rotatable bonds is 5. The summed E-state index contributed by atoms with van der Waals surface area (Å²) in [6.45, 7) is 4.52. The van der Waals surface area contributed by atoms with E-state index in [0.29, 0.717) is 5.92 Å². The van der Waals surface area contributed by atoms with E-state index < -0.39 is 0 Å². The predicted molar refractivity (Wildman–Crippen MR) is 96.5 cm³/mol. The fourth-order valence-corrected chi connectivity index (χ4v) is 3.68. The lowest BCUT2D eigenvalue weighted by Crippen LogP contribution is -2.14. The van der Waals surface area contributed by atoms with E-state index in [1.165, 1.54) is 49.7 Å². The Hall–Kier alpha value is -1.70. The van der Waals surface area contributed by atoms with Gasteiger partial charge in [-0.1, -0.05) is 51.0 Å². The van der Waals surface area contributed by atoms with Crippen molar-refractivity contribution in [3.05, 3.63) is 48.0 Å². The van der Waals surface area contributed by atoms with Gasteiger partial charge in [0.15, 0.2) is 0 Å². The van der Waals surface area contributed by atoms with Crippen molar-refractivity contribution in [2.45, 2.75) is 64.7 Å². The molecular weight excluding hydrogens is 280 g/mol. The Kier molecular flexibility index (Phi) is 5.43. The Bertz CT molecular complexity index is 593. The summed E-state index contributed by atoms with van der Waals surface area (Å²) in [5.41, 5.74) is 3.74. The molecule has 0 atom stereocenters. The van der Waals surface area contributed by atoms with Gasteiger partial charge in [-0.3, -0.25) is 0 Å². The molecular formula is C21H28N2. The van der Waals surface area contributed by atoms with Crippen molar-refractivity contribution in [2.24, 2.45) is 5.92 Å². The molecule has 1 aromatic heterocycles. The van der Waals surface area contributed by atoms with Crippen LogP contribution in [0.2, 0.25) is 0 Å². The maximum absolute atomic E-state index is 4.68. The summed E-state index contributed by atoms with van der Waals surface area (Å²) >= 11 is 0. The third-order valence-corrected chi connectivity index (χ3v) is 5.29. The number of aryl methyl sites for hydroxylation is 1. The molecule has 0 unspecified atom stereocenters. The highest BCUT2D eigenvalue weighted by atomic mass is 14.9. The molecule has 3 rings (SSSR count). The first kappa shape index (κ1) is 16.2. The van der Waals surface area contributed by atoms with Crippen LogP contribution in [-0.4, -0.2) is 9.97 Å². The molecule has 1 aliphatic carbocycles. The van der Waals surface area contributed by atoms with Crippen molar-refractivity contribution >= 4 is 0 Å². The van der Waals surface area contributed by atoms with Crippen LogP contribution in [0.3, 0.4) is 0 Å². The van der Waals surface area contributed by atoms with Crippen LogP contribution in [0.25, 0.3) is 11.1 Å². The van der Waals surface area contributed by atoms with E-state index >= 15 is 0 Å². The molecule has 2 heteroatoms. The lowest BCUT2D eigenvalue weighted by molar-refractivity contribution is 0.312. The standard InChI is InChI=1S/C21H28N2/c1-3-5-17-8-10-18(11-9-17)20-14-22-21(23-15-20)19-12-6-16(4-2)7-13-19/h8-11,14-16,19H,3-7,12-13H2,1-2H3/t16-,19-. The second-order valence-electron chi connectivity index (χ2n) is 6.90. The predicted octanol–water partition coefficient (Wildman–Crippen LogP) is 5.78. The van der Waals surface area contributed by atoms with Gasteiger partial charge in [-0.2, -0.15) is 0 Å². The summed E-state index contributed by atoms with van der Waals surface area (Å²) in [6.07, 6.45) is 12.9. The Morgan fingerprint density at radius 3 is 2.09 bits per heavy atom. The van der Waals surface area contributed by atoms with Gasteiger partial charge in [0, 0.05) is 23.9 Å². The Balaban J connectivity index is 1.67. The van der Waals surface area contributed by atoms with E-state index in [9.17, 15) is 0 Å². The fourth-order valence-electron chi connectivity index (χ4n) is 3.68. The first-order valence-electron chi connectivity index (χ1n) is 9.21. The van der Waals surface area contributed by atoms with Gasteiger partial charge in [0.2, 0.25) is 0 Å². The van der Waals surface area contributed by atoms with Gasteiger partial charge in [0.25, 0.3) is 0 Å². The maximum Gasteiger partial charge on any atom is 0.131 e. The smallest absolute Gasteiger partial charge is 0.131 e. The highest BCUT2D eigenvalue weighted by Crippen LogP contribution is 2.35. The molecule has 0 radical (unpaired) electrons. The minimum Gasteiger partial charge on any atom is -0.240 e. The van der Waals surface area contributed by atoms with Crippen molar-refractivity contribution < 1.29 is 0 Å². The second kappa shape index (κ2) is 7.72. The minimum absolute atomic E-state index is 0.568. The maximum atomic E-state index is 4.68. The molecule has 1 aromatic carbocycles. The van der Waals surface area contributed by atoms with Crippen LogP contribution < -0.4 is 0 Å². The third-order valence-electron chi connectivity index (χ3n) is 5.29. The van der Waals surface area contributed by atoms with E-state index in [1.807, 2.05) is 12.4 Å². The molecule has 0 saturated heterocycles. The molecule has 1 saturated carbocycles. The number of hydrogen-bond donors (Lipinski definition) is 0. The van der Waals surface area contributed by atoms with Crippen molar-refractivity contribution in [3.63, 3.8) is 0 Å². The molecule has 0 amide bonds. The third kappa shape index (κ3) is 3.99. The van der Waals surface area contributed by atoms with E-state index in [1.54, 1.807) is 0 Å². The van der Waals surface area contributed by atoms with Crippen molar-refractivity contribution in [1.82, 2.24) is 9.97 Å². The molecule has 2 nitrogen and oxygen atoms in total. The van der Waals surface area contributed by atoms with Crippen molar-refractivity contribution in [3.8, 4) is 11.1 Å². The lowest BCUT2D eigenvalue weighted by Gasteiger charge is -2.26. The zero-order valence-corrected chi connectivity index (χ0v) is 14.5. The number of benzene rings is 1. The minimum atomic E-state index is 0.568. The molecule has 1 aliphatic rings. The van der Waals surface area contributed by atoms with Crippen LogP contribution in [-0.2, 0) is 6.42 Å².